The van der Waals surface area contributed by atoms with Gasteiger partial charge in [-0.25, -0.2) is 4.79 Å². The number of benzene rings is 1. The van der Waals surface area contributed by atoms with Crippen molar-refractivity contribution >= 4 is 28.6 Å². The van der Waals surface area contributed by atoms with E-state index in [4.69, 9.17) is 4.74 Å². The monoisotopic (exact) mass is 395 g/mol. The zero-order valence-electron chi connectivity index (χ0n) is 16.9. The molecule has 7 nitrogen and oxygen atoms in total. The summed E-state index contributed by atoms with van der Waals surface area (Å²) in [6.07, 6.45) is 2.79. The summed E-state index contributed by atoms with van der Waals surface area (Å²) in [5.41, 5.74) is 2.65. The number of hydrogen-bond acceptors (Lipinski definition) is 4. The number of ether oxygens (including phenoxy) is 1. The second-order valence-corrected chi connectivity index (χ2v) is 6.97. The van der Waals surface area contributed by atoms with Crippen molar-refractivity contribution in [3.63, 3.8) is 0 Å². The number of esters is 1. The average molecular weight is 395 g/mol. The van der Waals surface area contributed by atoms with Gasteiger partial charge in [-0.3, -0.25) is 9.59 Å². The number of rotatable bonds is 8. The van der Waals surface area contributed by atoms with Crippen molar-refractivity contribution in [1.82, 2.24) is 14.9 Å². The fourth-order valence-corrected chi connectivity index (χ4v) is 3.56. The Morgan fingerprint density at radius 3 is 2.66 bits per heavy atom. The highest BCUT2D eigenvalue weighted by molar-refractivity contribution is 6.01. The molecule has 1 amide bonds. The molecule has 0 spiro atoms. The largest absolute Gasteiger partial charge is 0.465 e. The molecule has 0 bridgehead atoms. The van der Waals surface area contributed by atoms with Crippen LogP contribution in [0.1, 0.15) is 45.4 Å². The number of aryl methyl sites for hydroxylation is 1. The first-order chi connectivity index (χ1) is 13.9. The van der Waals surface area contributed by atoms with E-state index >= 15 is 0 Å². The number of carbonyl (C=O) groups is 3. The zero-order chi connectivity index (χ0) is 21.0. The first kappa shape index (κ1) is 20.4. The summed E-state index contributed by atoms with van der Waals surface area (Å²) < 4.78 is 6.96. The lowest BCUT2D eigenvalue weighted by molar-refractivity contribution is -0.120. The summed E-state index contributed by atoms with van der Waals surface area (Å²) in [5, 5.41) is 4.06. The highest BCUT2D eigenvalue weighted by Crippen LogP contribution is 2.21. The van der Waals surface area contributed by atoms with Crippen LogP contribution in [-0.2, 0) is 22.5 Å². The van der Waals surface area contributed by atoms with Crippen molar-refractivity contribution in [1.29, 1.82) is 0 Å². The molecule has 7 heteroatoms. The molecule has 0 aliphatic rings. The molecule has 0 aliphatic heterocycles. The fraction of sp³-hybridized carbons (Fsp3) is 0.318. The lowest BCUT2D eigenvalue weighted by Gasteiger charge is -2.08. The number of amides is 1. The van der Waals surface area contributed by atoms with E-state index in [0.717, 1.165) is 13.0 Å². The van der Waals surface area contributed by atoms with Crippen LogP contribution in [0.25, 0.3) is 10.9 Å². The van der Waals surface area contributed by atoms with Crippen molar-refractivity contribution in [2.24, 2.45) is 0 Å². The second kappa shape index (κ2) is 8.77. The van der Waals surface area contributed by atoms with Gasteiger partial charge in [-0.15, -0.1) is 0 Å². The molecule has 152 valence electrons. The van der Waals surface area contributed by atoms with Crippen molar-refractivity contribution in [2.45, 2.75) is 33.2 Å². The Hall–Kier alpha value is -3.35. The Morgan fingerprint density at radius 1 is 1.17 bits per heavy atom. The van der Waals surface area contributed by atoms with Gasteiger partial charge in [0.15, 0.2) is 5.78 Å². The topological polar surface area (TPSA) is 93.2 Å². The van der Waals surface area contributed by atoms with E-state index < -0.39 is 5.97 Å². The van der Waals surface area contributed by atoms with E-state index in [2.05, 4.69) is 33.1 Å². The minimum atomic E-state index is -0.562. The van der Waals surface area contributed by atoms with E-state index in [1.807, 2.05) is 18.3 Å². The van der Waals surface area contributed by atoms with Crippen LogP contribution in [0, 0.1) is 6.92 Å². The van der Waals surface area contributed by atoms with Crippen molar-refractivity contribution < 1.29 is 19.1 Å². The number of Topliss-reactive ketones (excluding diaryl/α,β-unsaturated/α-hetero) is 1. The van der Waals surface area contributed by atoms with Gasteiger partial charge in [0.25, 0.3) is 0 Å². The van der Waals surface area contributed by atoms with Crippen LogP contribution in [0.3, 0.4) is 0 Å². The van der Waals surface area contributed by atoms with E-state index in [1.165, 1.54) is 24.9 Å². The van der Waals surface area contributed by atoms with Gasteiger partial charge in [0, 0.05) is 37.4 Å². The number of aromatic nitrogens is 2. The quantitative estimate of drug-likeness (QED) is 0.348. The Labute approximate surface area is 169 Å². The summed E-state index contributed by atoms with van der Waals surface area (Å²) >= 11 is 0. The van der Waals surface area contributed by atoms with Gasteiger partial charge in [0.1, 0.15) is 0 Å². The third-order valence-electron chi connectivity index (χ3n) is 4.98. The maximum atomic E-state index is 12.4. The normalized spacial score (nSPS) is 10.9. The third kappa shape index (κ3) is 4.39. The van der Waals surface area contributed by atoms with Crippen molar-refractivity contribution in [3.05, 3.63) is 59.0 Å². The molecule has 0 atom stereocenters. The summed E-state index contributed by atoms with van der Waals surface area (Å²) in [4.78, 5) is 39.1. The minimum Gasteiger partial charge on any atom is -0.465 e. The Kier molecular flexibility index (Phi) is 6.16. The van der Waals surface area contributed by atoms with Crippen molar-refractivity contribution in [2.75, 3.05) is 13.7 Å². The number of hydrogen-bond donors (Lipinski definition) is 2. The summed E-state index contributed by atoms with van der Waals surface area (Å²) in [7, 11) is 1.27. The highest BCUT2D eigenvalue weighted by Gasteiger charge is 2.24. The molecule has 0 unspecified atom stereocenters. The van der Waals surface area contributed by atoms with Crippen LogP contribution in [-0.4, -0.2) is 40.9 Å². The number of methoxy groups -OCH3 is 1. The molecular formula is C22H25N3O4. The lowest BCUT2D eigenvalue weighted by atomic mass is 10.1. The van der Waals surface area contributed by atoms with Crippen LogP contribution >= 0.6 is 0 Å². The Morgan fingerprint density at radius 2 is 1.93 bits per heavy atom. The number of fused-ring (bicyclic) bond motifs is 1. The molecule has 3 aromatic rings. The molecule has 2 N–H and O–H groups in total. The van der Waals surface area contributed by atoms with Crippen LogP contribution in [0.4, 0.5) is 0 Å². The Balaban J connectivity index is 1.59. The molecule has 0 radical (unpaired) electrons. The number of H-pyrrole nitrogens is 1. The van der Waals surface area contributed by atoms with Gasteiger partial charge in [0.05, 0.1) is 24.8 Å². The van der Waals surface area contributed by atoms with Crippen LogP contribution in [0.5, 0.6) is 0 Å². The van der Waals surface area contributed by atoms with Gasteiger partial charge < -0.3 is 19.6 Å². The van der Waals surface area contributed by atoms with E-state index in [9.17, 15) is 14.4 Å². The number of aromatic amines is 1. The number of ketones is 1. The smallest absolute Gasteiger partial charge is 0.339 e. The Bertz CT molecular complexity index is 1060. The zero-order valence-corrected chi connectivity index (χ0v) is 16.9. The molecule has 29 heavy (non-hydrogen) atoms. The van der Waals surface area contributed by atoms with Gasteiger partial charge >= 0.3 is 5.97 Å². The minimum absolute atomic E-state index is 0.0228. The summed E-state index contributed by atoms with van der Waals surface area (Å²) in [5.74, 6) is -0.976. The number of para-hydroxylation sites is 1. The van der Waals surface area contributed by atoms with Crippen molar-refractivity contribution in [3.8, 4) is 0 Å². The molecule has 2 heterocycles. The predicted octanol–water partition coefficient (Wildman–Crippen LogP) is 3.02. The molecule has 0 fully saturated rings. The number of carbonyl (C=O) groups excluding carboxylic acids is 3. The molecule has 0 saturated heterocycles. The average Bonchev–Trinajstić information content (AvgIpc) is 3.26. The standard InChI is InChI=1S/C22H25N3O4/c1-14-20(22(28)29-3)17(24-21(14)15(2)26)13-19(27)23-10-6-11-25-12-9-16-7-4-5-8-18(16)25/h4-5,7-9,12,24H,6,10-11,13H2,1-3H3,(H,23,27). The first-order valence-electron chi connectivity index (χ1n) is 9.53. The fourth-order valence-electron chi connectivity index (χ4n) is 3.56. The van der Waals surface area contributed by atoms with E-state index in [-0.39, 0.29) is 23.7 Å². The van der Waals surface area contributed by atoms with E-state index in [0.29, 0.717) is 23.5 Å². The molecule has 3 rings (SSSR count). The third-order valence-corrected chi connectivity index (χ3v) is 4.98. The SMILES string of the molecule is COC(=O)c1c(CC(=O)NCCCn2ccc3ccccc32)[nH]c(C(C)=O)c1C. The van der Waals surface area contributed by atoms with Crippen LogP contribution in [0.2, 0.25) is 0 Å². The second-order valence-electron chi connectivity index (χ2n) is 6.97. The highest BCUT2D eigenvalue weighted by atomic mass is 16.5. The molecular weight excluding hydrogens is 370 g/mol. The summed E-state index contributed by atoms with van der Waals surface area (Å²) in [6, 6.07) is 10.2. The van der Waals surface area contributed by atoms with Gasteiger partial charge in [-0.1, -0.05) is 18.2 Å². The van der Waals surface area contributed by atoms with Crippen LogP contribution < -0.4 is 5.32 Å². The van der Waals surface area contributed by atoms with Gasteiger partial charge in [-0.2, -0.15) is 0 Å². The molecule has 0 saturated carbocycles. The van der Waals surface area contributed by atoms with Gasteiger partial charge in [-0.05, 0) is 36.4 Å². The van der Waals surface area contributed by atoms with Crippen LogP contribution in [0.15, 0.2) is 36.5 Å². The maximum Gasteiger partial charge on any atom is 0.339 e. The molecule has 0 aliphatic carbocycles. The number of nitrogens with zero attached hydrogens (tertiary/aromatic N) is 1. The maximum absolute atomic E-state index is 12.4. The first-order valence-corrected chi connectivity index (χ1v) is 9.53. The molecule has 2 aromatic heterocycles. The van der Waals surface area contributed by atoms with E-state index in [1.54, 1.807) is 6.92 Å². The molecule has 1 aromatic carbocycles. The predicted molar refractivity (Wildman–Crippen MR) is 110 cm³/mol. The lowest BCUT2D eigenvalue weighted by Crippen LogP contribution is -2.27. The number of nitrogens with one attached hydrogen (secondary N) is 2. The van der Waals surface area contributed by atoms with Gasteiger partial charge in [0.2, 0.25) is 5.91 Å². The summed E-state index contributed by atoms with van der Waals surface area (Å²) in [6.45, 7) is 4.38.